The summed E-state index contributed by atoms with van der Waals surface area (Å²) in [4.78, 5) is 27.8. The maximum absolute atomic E-state index is 13.4. The van der Waals surface area contributed by atoms with Crippen molar-refractivity contribution >= 4 is 11.6 Å². The van der Waals surface area contributed by atoms with Crippen molar-refractivity contribution in [3.05, 3.63) is 69.8 Å². The van der Waals surface area contributed by atoms with E-state index in [0.717, 1.165) is 24.0 Å². The van der Waals surface area contributed by atoms with Gasteiger partial charge in [-0.15, -0.1) is 0 Å². The number of hydrogen-bond acceptors (Lipinski definition) is 5. The van der Waals surface area contributed by atoms with E-state index in [0.29, 0.717) is 24.6 Å². The molecule has 3 heterocycles. The van der Waals surface area contributed by atoms with Crippen LogP contribution in [0.25, 0.3) is 0 Å². The minimum absolute atomic E-state index is 0.0797. The van der Waals surface area contributed by atoms with Gasteiger partial charge in [-0.2, -0.15) is 0 Å². The van der Waals surface area contributed by atoms with Gasteiger partial charge in [0.25, 0.3) is 11.9 Å². The molecule has 0 radical (unpaired) electrons. The molecular weight excluding hydrogens is 370 g/mol. The molecule has 29 heavy (non-hydrogen) atoms. The average molecular weight is 393 g/mol. The summed E-state index contributed by atoms with van der Waals surface area (Å²) in [5.74, 6) is -0.0433. The van der Waals surface area contributed by atoms with E-state index in [1.165, 1.54) is 0 Å². The maximum atomic E-state index is 13.4. The SMILES string of the molecule is CCOc1ccccc1[C@@H]1[C@@H]2CCCN2[C@]2(C(=O)Nc3ccccc32)[C@@H]1[N+](=O)[O-]. The third kappa shape index (κ3) is 2.31. The molecule has 1 spiro atoms. The molecule has 0 aromatic heterocycles. The van der Waals surface area contributed by atoms with Gasteiger partial charge in [0.2, 0.25) is 0 Å². The van der Waals surface area contributed by atoms with Crippen molar-refractivity contribution in [3.63, 3.8) is 0 Å². The zero-order valence-corrected chi connectivity index (χ0v) is 16.2. The number of nitrogens with one attached hydrogen (secondary N) is 1. The molecule has 0 saturated carbocycles. The van der Waals surface area contributed by atoms with E-state index in [2.05, 4.69) is 10.2 Å². The van der Waals surface area contributed by atoms with E-state index in [1.54, 1.807) is 0 Å². The highest BCUT2D eigenvalue weighted by atomic mass is 16.6. The summed E-state index contributed by atoms with van der Waals surface area (Å²) in [5, 5.41) is 15.5. The largest absolute Gasteiger partial charge is 0.494 e. The molecule has 1 amide bonds. The summed E-state index contributed by atoms with van der Waals surface area (Å²) >= 11 is 0. The van der Waals surface area contributed by atoms with Crippen LogP contribution in [0.5, 0.6) is 5.75 Å². The van der Waals surface area contributed by atoms with Gasteiger partial charge in [-0.3, -0.25) is 19.8 Å². The summed E-state index contributed by atoms with van der Waals surface area (Å²) in [7, 11) is 0. The van der Waals surface area contributed by atoms with Crippen molar-refractivity contribution in [3.8, 4) is 5.75 Å². The van der Waals surface area contributed by atoms with E-state index in [-0.39, 0.29) is 16.9 Å². The molecule has 2 saturated heterocycles. The van der Waals surface area contributed by atoms with Crippen molar-refractivity contribution in [1.29, 1.82) is 0 Å². The summed E-state index contributed by atoms with van der Waals surface area (Å²) in [6.07, 6.45) is 1.74. The summed E-state index contributed by atoms with van der Waals surface area (Å²) in [6.45, 7) is 3.06. The lowest BCUT2D eigenvalue weighted by atomic mass is 9.77. The zero-order chi connectivity index (χ0) is 20.2. The van der Waals surface area contributed by atoms with E-state index < -0.39 is 17.5 Å². The van der Waals surface area contributed by atoms with Crippen LogP contribution in [0.2, 0.25) is 0 Å². The van der Waals surface area contributed by atoms with Crippen LogP contribution in [-0.4, -0.2) is 41.0 Å². The first kappa shape index (κ1) is 18.1. The lowest BCUT2D eigenvalue weighted by Crippen LogP contribution is -2.55. The summed E-state index contributed by atoms with van der Waals surface area (Å²) in [6, 6.07) is 13.8. The number of fused-ring (bicyclic) bond motifs is 4. The first-order valence-corrected chi connectivity index (χ1v) is 10.1. The van der Waals surface area contributed by atoms with Crippen molar-refractivity contribution in [2.75, 3.05) is 18.5 Å². The lowest BCUT2D eigenvalue weighted by Gasteiger charge is -2.32. The van der Waals surface area contributed by atoms with Gasteiger partial charge in [0.05, 0.1) is 12.5 Å². The molecule has 5 rings (SSSR count). The van der Waals surface area contributed by atoms with Gasteiger partial charge in [0.1, 0.15) is 5.75 Å². The summed E-state index contributed by atoms with van der Waals surface area (Å²) < 4.78 is 5.83. The molecule has 0 bridgehead atoms. The Morgan fingerprint density at radius 1 is 1.24 bits per heavy atom. The number of carbonyl (C=O) groups excluding carboxylic acids is 1. The van der Waals surface area contributed by atoms with Crippen LogP contribution >= 0.6 is 0 Å². The predicted octanol–water partition coefficient (Wildman–Crippen LogP) is 3.14. The van der Waals surface area contributed by atoms with Crippen LogP contribution in [0.15, 0.2) is 48.5 Å². The van der Waals surface area contributed by atoms with E-state index in [9.17, 15) is 14.9 Å². The standard InChI is InChI=1S/C22H23N3O4/c1-2-29-18-12-6-3-8-14(18)19-17-11-7-13-24(17)22(20(19)25(27)28)15-9-4-5-10-16(15)23-21(22)26/h3-6,8-10,12,17,19-20H,2,7,11,13H2,1H3,(H,23,26)/t17-,19+,20+,22-/m0/s1. The number of anilines is 1. The van der Waals surface area contributed by atoms with Crippen LogP contribution in [-0.2, 0) is 10.3 Å². The Morgan fingerprint density at radius 3 is 2.79 bits per heavy atom. The minimum atomic E-state index is -1.29. The predicted molar refractivity (Wildman–Crippen MR) is 108 cm³/mol. The average Bonchev–Trinajstić information content (AvgIpc) is 3.36. The fraction of sp³-hybridized carbons (Fsp3) is 0.409. The maximum Gasteiger partial charge on any atom is 0.256 e. The van der Waals surface area contributed by atoms with Crippen LogP contribution < -0.4 is 10.1 Å². The van der Waals surface area contributed by atoms with Crippen molar-refractivity contribution in [2.24, 2.45) is 0 Å². The number of hydrogen-bond donors (Lipinski definition) is 1. The second kappa shape index (κ2) is 6.56. The number of nitrogens with zero attached hydrogens (tertiary/aromatic N) is 2. The molecular formula is C22H23N3O4. The number of para-hydroxylation sites is 2. The van der Waals surface area contributed by atoms with Crippen LogP contribution in [0.1, 0.15) is 36.8 Å². The van der Waals surface area contributed by atoms with Crippen molar-refractivity contribution in [2.45, 2.75) is 43.3 Å². The Kier molecular flexibility index (Phi) is 4.10. The number of nitro groups is 1. The van der Waals surface area contributed by atoms with Crippen molar-refractivity contribution in [1.82, 2.24) is 4.90 Å². The second-order valence-corrected chi connectivity index (χ2v) is 7.90. The highest BCUT2D eigenvalue weighted by molar-refractivity contribution is 6.07. The fourth-order valence-corrected chi connectivity index (χ4v) is 5.79. The molecule has 4 atom stereocenters. The van der Waals surface area contributed by atoms with Gasteiger partial charge in [0.15, 0.2) is 5.54 Å². The quantitative estimate of drug-likeness (QED) is 0.637. The number of amides is 1. The van der Waals surface area contributed by atoms with Crippen LogP contribution in [0, 0.1) is 10.1 Å². The first-order chi connectivity index (χ1) is 14.1. The number of benzene rings is 2. The van der Waals surface area contributed by atoms with E-state index in [1.807, 2.05) is 55.5 Å². The van der Waals surface area contributed by atoms with Gasteiger partial charge in [-0.25, -0.2) is 0 Å². The highest BCUT2D eigenvalue weighted by Crippen LogP contribution is 2.58. The zero-order valence-electron chi connectivity index (χ0n) is 16.2. The van der Waals surface area contributed by atoms with Crippen LogP contribution in [0.3, 0.4) is 0 Å². The Morgan fingerprint density at radius 2 is 2.00 bits per heavy atom. The van der Waals surface area contributed by atoms with E-state index >= 15 is 0 Å². The molecule has 7 heteroatoms. The molecule has 1 N–H and O–H groups in total. The highest BCUT2D eigenvalue weighted by Gasteiger charge is 2.73. The smallest absolute Gasteiger partial charge is 0.256 e. The normalized spacial score (nSPS) is 30.2. The summed E-state index contributed by atoms with van der Waals surface area (Å²) in [5.41, 5.74) is 0.927. The Labute approximate surface area is 168 Å². The lowest BCUT2D eigenvalue weighted by molar-refractivity contribution is -0.534. The Balaban J connectivity index is 1.75. The molecule has 150 valence electrons. The molecule has 3 aliphatic rings. The topological polar surface area (TPSA) is 84.7 Å². The van der Waals surface area contributed by atoms with E-state index in [4.69, 9.17) is 4.74 Å². The third-order valence-corrected chi connectivity index (χ3v) is 6.67. The number of rotatable bonds is 4. The molecule has 7 nitrogen and oxygen atoms in total. The Bertz CT molecular complexity index is 994. The minimum Gasteiger partial charge on any atom is -0.494 e. The van der Waals surface area contributed by atoms with Gasteiger partial charge < -0.3 is 10.1 Å². The van der Waals surface area contributed by atoms with Crippen molar-refractivity contribution < 1.29 is 14.5 Å². The van der Waals surface area contributed by atoms with Gasteiger partial charge in [-0.05, 0) is 31.9 Å². The third-order valence-electron chi connectivity index (χ3n) is 6.67. The molecule has 3 aliphatic heterocycles. The van der Waals surface area contributed by atoms with Crippen LogP contribution in [0.4, 0.5) is 5.69 Å². The monoisotopic (exact) mass is 393 g/mol. The molecule has 2 aromatic rings. The number of ether oxygens (including phenoxy) is 1. The molecule has 2 fully saturated rings. The number of carbonyl (C=O) groups is 1. The molecule has 0 aliphatic carbocycles. The van der Waals surface area contributed by atoms with Gasteiger partial charge in [0, 0.05) is 34.3 Å². The van der Waals surface area contributed by atoms with Gasteiger partial charge >= 0.3 is 0 Å². The van der Waals surface area contributed by atoms with Gasteiger partial charge in [-0.1, -0.05) is 36.4 Å². The molecule has 0 unspecified atom stereocenters. The first-order valence-electron chi connectivity index (χ1n) is 10.1. The second-order valence-electron chi connectivity index (χ2n) is 7.90. The fourth-order valence-electron chi connectivity index (χ4n) is 5.79. The molecule has 2 aromatic carbocycles. The Hall–Kier alpha value is -2.93.